The van der Waals surface area contributed by atoms with Gasteiger partial charge in [-0.15, -0.1) is 0 Å². The van der Waals surface area contributed by atoms with Gasteiger partial charge in [-0.3, -0.25) is 0 Å². The van der Waals surface area contributed by atoms with Crippen LogP contribution in [0.5, 0.6) is 0 Å². The van der Waals surface area contributed by atoms with E-state index in [-0.39, 0.29) is 5.60 Å². The normalized spacial score (nSPS) is 23.5. The summed E-state index contributed by atoms with van der Waals surface area (Å²) < 4.78 is 7.20. The van der Waals surface area contributed by atoms with Crippen molar-refractivity contribution < 1.29 is 4.74 Å². The Labute approximate surface area is 131 Å². The summed E-state index contributed by atoms with van der Waals surface area (Å²) in [6, 6.07) is 9.49. The Hall–Kier alpha value is -0.380. The van der Waals surface area contributed by atoms with Crippen LogP contribution < -0.4 is 5.32 Å². The number of halogens is 1. The lowest BCUT2D eigenvalue weighted by atomic mass is 9.85. The molecule has 1 aromatic carbocycles. The summed E-state index contributed by atoms with van der Waals surface area (Å²) >= 11 is 3.55. The molecule has 0 bridgehead atoms. The molecular weight excluding hydrogens is 314 g/mol. The van der Waals surface area contributed by atoms with Crippen LogP contribution in [0, 0.1) is 0 Å². The standard InChI is InChI=1S/C17H26BrNO/c1-4-17(5-2)12-16(9-10-20-17)19-13(3)14-7-6-8-15(18)11-14/h6-8,11,13,16,19H,4-5,9-10,12H2,1-3H3. The van der Waals surface area contributed by atoms with Crippen LogP contribution in [0.1, 0.15) is 58.1 Å². The third-order valence-electron chi connectivity index (χ3n) is 4.62. The predicted molar refractivity (Wildman–Crippen MR) is 88.0 cm³/mol. The van der Waals surface area contributed by atoms with Crippen molar-refractivity contribution in [2.75, 3.05) is 6.61 Å². The molecule has 112 valence electrons. The Morgan fingerprint density at radius 1 is 1.40 bits per heavy atom. The first-order valence-corrected chi connectivity index (χ1v) is 8.53. The summed E-state index contributed by atoms with van der Waals surface area (Å²) in [5.74, 6) is 0. The fourth-order valence-electron chi connectivity index (χ4n) is 3.14. The lowest BCUT2D eigenvalue weighted by Crippen LogP contribution is -2.47. The maximum absolute atomic E-state index is 6.05. The van der Waals surface area contributed by atoms with Gasteiger partial charge in [-0.05, 0) is 50.3 Å². The van der Waals surface area contributed by atoms with Gasteiger partial charge in [0.1, 0.15) is 0 Å². The molecule has 0 aromatic heterocycles. The summed E-state index contributed by atoms with van der Waals surface area (Å²) in [6.07, 6.45) is 4.44. The van der Waals surface area contributed by atoms with Crippen molar-refractivity contribution in [3.8, 4) is 0 Å². The van der Waals surface area contributed by atoms with E-state index >= 15 is 0 Å². The van der Waals surface area contributed by atoms with Crippen molar-refractivity contribution >= 4 is 15.9 Å². The molecule has 0 spiro atoms. The van der Waals surface area contributed by atoms with Gasteiger partial charge in [0.15, 0.2) is 0 Å². The summed E-state index contributed by atoms with van der Waals surface area (Å²) in [7, 11) is 0. The molecule has 2 unspecified atom stereocenters. The van der Waals surface area contributed by atoms with Gasteiger partial charge in [0.05, 0.1) is 5.60 Å². The monoisotopic (exact) mass is 339 g/mol. The van der Waals surface area contributed by atoms with E-state index < -0.39 is 0 Å². The average Bonchev–Trinajstić information content (AvgIpc) is 2.47. The molecule has 1 saturated heterocycles. The van der Waals surface area contributed by atoms with E-state index in [1.807, 2.05) is 0 Å². The Bertz CT molecular complexity index is 431. The molecule has 0 radical (unpaired) electrons. The Morgan fingerprint density at radius 3 is 2.80 bits per heavy atom. The van der Waals surface area contributed by atoms with Crippen molar-refractivity contribution in [1.82, 2.24) is 5.32 Å². The van der Waals surface area contributed by atoms with Gasteiger partial charge < -0.3 is 10.1 Å². The maximum atomic E-state index is 6.05. The van der Waals surface area contributed by atoms with E-state index in [1.165, 1.54) is 5.56 Å². The van der Waals surface area contributed by atoms with Crippen LogP contribution in [0.3, 0.4) is 0 Å². The van der Waals surface area contributed by atoms with Crippen molar-refractivity contribution in [3.63, 3.8) is 0 Å². The Morgan fingerprint density at radius 2 is 2.15 bits per heavy atom. The van der Waals surface area contributed by atoms with E-state index in [4.69, 9.17) is 4.74 Å². The number of hydrogen-bond acceptors (Lipinski definition) is 2. The second-order valence-electron chi connectivity index (χ2n) is 5.87. The smallest absolute Gasteiger partial charge is 0.0692 e. The number of ether oxygens (including phenoxy) is 1. The van der Waals surface area contributed by atoms with Crippen LogP contribution in [0.25, 0.3) is 0 Å². The second kappa shape index (κ2) is 7.06. The predicted octanol–water partition coefficient (Wildman–Crippen LogP) is 4.84. The molecule has 2 nitrogen and oxygen atoms in total. The maximum Gasteiger partial charge on any atom is 0.0692 e. The van der Waals surface area contributed by atoms with Crippen molar-refractivity contribution in [2.24, 2.45) is 0 Å². The third kappa shape index (κ3) is 3.84. The minimum atomic E-state index is 0.0902. The van der Waals surface area contributed by atoms with Gasteiger partial charge in [-0.2, -0.15) is 0 Å². The molecule has 1 fully saturated rings. The minimum absolute atomic E-state index is 0.0902. The summed E-state index contributed by atoms with van der Waals surface area (Å²) in [5, 5.41) is 3.78. The SMILES string of the molecule is CCC1(CC)CC(NC(C)c2cccc(Br)c2)CCO1. The highest BCUT2D eigenvalue weighted by atomic mass is 79.9. The lowest BCUT2D eigenvalue weighted by Gasteiger charge is -2.41. The van der Waals surface area contributed by atoms with E-state index in [9.17, 15) is 0 Å². The molecule has 1 aliphatic heterocycles. The molecule has 0 aliphatic carbocycles. The Kier molecular flexibility index (Phi) is 5.65. The molecule has 0 amide bonds. The van der Waals surface area contributed by atoms with Gasteiger partial charge in [0.25, 0.3) is 0 Å². The molecule has 3 heteroatoms. The molecular formula is C17H26BrNO. The zero-order valence-corrected chi connectivity index (χ0v) is 14.4. The van der Waals surface area contributed by atoms with E-state index in [0.29, 0.717) is 12.1 Å². The number of rotatable bonds is 5. The van der Waals surface area contributed by atoms with Crippen LogP contribution in [-0.4, -0.2) is 18.2 Å². The number of nitrogens with one attached hydrogen (secondary N) is 1. The van der Waals surface area contributed by atoms with Crippen molar-refractivity contribution in [2.45, 2.75) is 64.1 Å². The zero-order chi connectivity index (χ0) is 14.6. The molecule has 1 heterocycles. The quantitative estimate of drug-likeness (QED) is 0.828. The third-order valence-corrected chi connectivity index (χ3v) is 5.11. The first-order chi connectivity index (χ1) is 9.58. The van der Waals surface area contributed by atoms with Gasteiger partial charge in [0, 0.05) is 23.2 Å². The van der Waals surface area contributed by atoms with Crippen LogP contribution in [0.15, 0.2) is 28.7 Å². The largest absolute Gasteiger partial charge is 0.375 e. The van der Waals surface area contributed by atoms with Crippen LogP contribution >= 0.6 is 15.9 Å². The van der Waals surface area contributed by atoms with Crippen LogP contribution in [-0.2, 0) is 4.74 Å². The molecule has 2 rings (SSSR count). The highest BCUT2D eigenvalue weighted by molar-refractivity contribution is 9.10. The summed E-state index contributed by atoms with van der Waals surface area (Å²) in [5.41, 5.74) is 1.43. The fourth-order valence-corrected chi connectivity index (χ4v) is 3.56. The number of benzene rings is 1. The first-order valence-electron chi connectivity index (χ1n) is 7.74. The van der Waals surface area contributed by atoms with Gasteiger partial charge >= 0.3 is 0 Å². The van der Waals surface area contributed by atoms with Crippen LogP contribution in [0.2, 0.25) is 0 Å². The van der Waals surface area contributed by atoms with Crippen molar-refractivity contribution in [1.29, 1.82) is 0 Å². The zero-order valence-electron chi connectivity index (χ0n) is 12.8. The molecule has 0 saturated carbocycles. The molecule has 20 heavy (non-hydrogen) atoms. The molecule has 2 atom stereocenters. The molecule has 1 aromatic rings. The van der Waals surface area contributed by atoms with E-state index in [1.54, 1.807) is 0 Å². The fraction of sp³-hybridized carbons (Fsp3) is 0.647. The lowest BCUT2D eigenvalue weighted by molar-refractivity contribution is -0.0939. The first kappa shape index (κ1) is 16.0. The highest BCUT2D eigenvalue weighted by Crippen LogP contribution is 2.32. The van der Waals surface area contributed by atoms with Gasteiger partial charge in [-0.1, -0.05) is 41.9 Å². The number of hydrogen-bond donors (Lipinski definition) is 1. The van der Waals surface area contributed by atoms with Crippen LogP contribution in [0.4, 0.5) is 0 Å². The summed E-state index contributed by atoms with van der Waals surface area (Å²) in [4.78, 5) is 0. The molecule has 1 N–H and O–H groups in total. The van der Waals surface area contributed by atoms with Gasteiger partial charge in [0.2, 0.25) is 0 Å². The van der Waals surface area contributed by atoms with Crippen molar-refractivity contribution in [3.05, 3.63) is 34.3 Å². The average molecular weight is 340 g/mol. The topological polar surface area (TPSA) is 21.3 Å². The van der Waals surface area contributed by atoms with E-state index in [0.717, 1.165) is 36.8 Å². The minimum Gasteiger partial charge on any atom is -0.375 e. The Balaban J connectivity index is 1.99. The summed E-state index contributed by atoms with van der Waals surface area (Å²) in [6.45, 7) is 7.61. The van der Waals surface area contributed by atoms with Gasteiger partial charge in [-0.25, -0.2) is 0 Å². The second-order valence-corrected chi connectivity index (χ2v) is 6.79. The molecule has 1 aliphatic rings. The van der Waals surface area contributed by atoms with E-state index in [2.05, 4.69) is 66.3 Å². The highest BCUT2D eigenvalue weighted by Gasteiger charge is 2.34.